The maximum atomic E-state index is 12.1. The molecule has 0 aliphatic heterocycles. The highest BCUT2D eigenvalue weighted by atomic mass is 127. The summed E-state index contributed by atoms with van der Waals surface area (Å²) in [5.41, 5.74) is 0.470. The van der Waals surface area contributed by atoms with Crippen LogP contribution in [0.5, 0.6) is 0 Å². The molecule has 4 nitrogen and oxygen atoms in total. The maximum absolute atomic E-state index is 12.1. The lowest BCUT2D eigenvalue weighted by Crippen LogP contribution is -2.36. The Morgan fingerprint density at radius 3 is 2.62 bits per heavy atom. The first-order valence-electron chi connectivity index (χ1n) is 8.49. The average Bonchev–Trinajstić information content (AvgIpc) is 2.53. The molecule has 1 fully saturated rings. The lowest BCUT2D eigenvalue weighted by atomic mass is 9.75. The second kappa shape index (κ2) is 8.83. The number of esters is 2. The zero-order valence-corrected chi connectivity index (χ0v) is 16.6. The van der Waals surface area contributed by atoms with Crippen LogP contribution in [0.3, 0.4) is 0 Å². The third kappa shape index (κ3) is 5.19. The summed E-state index contributed by atoms with van der Waals surface area (Å²) in [6.07, 6.45) is 3.08. The normalized spacial score (nSPS) is 23.8. The molecule has 5 heteroatoms. The molecule has 1 saturated carbocycles. The van der Waals surface area contributed by atoms with E-state index in [4.69, 9.17) is 9.47 Å². The number of carbonyl (C=O) groups is 2. The van der Waals surface area contributed by atoms with Gasteiger partial charge in [0, 0.05) is 3.57 Å². The summed E-state index contributed by atoms with van der Waals surface area (Å²) in [6.45, 7) is 6.19. The van der Waals surface area contributed by atoms with E-state index in [-0.39, 0.29) is 12.7 Å². The van der Waals surface area contributed by atoms with E-state index in [1.54, 1.807) is 12.1 Å². The molecule has 3 atom stereocenters. The van der Waals surface area contributed by atoms with E-state index in [0.717, 1.165) is 16.4 Å². The number of benzene rings is 1. The molecule has 0 bridgehead atoms. The van der Waals surface area contributed by atoms with Gasteiger partial charge in [-0.2, -0.15) is 0 Å². The summed E-state index contributed by atoms with van der Waals surface area (Å²) in [5.74, 6) is 0.472. The zero-order valence-electron chi connectivity index (χ0n) is 14.5. The van der Waals surface area contributed by atoms with Crippen LogP contribution in [0.15, 0.2) is 24.3 Å². The monoisotopic (exact) mass is 444 g/mol. The predicted molar refractivity (Wildman–Crippen MR) is 101 cm³/mol. The number of ether oxygens (including phenoxy) is 2. The molecule has 0 unspecified atom stereocenters. The van der Waals surface area contributed by atoms with Crippen LogP contribution in [-0.2, 0) is 14.3 Å². The van der Waals surface area contributed by atoms with Gasteiger partial charge in [-0.1, -0.05) is 39.3 Å². The van der Waals surface area contributed by atoms with Crippen molar-refractivity contribution < 1.29 is 19.1 Å². The van der Waals surface area contributed by atoms with Crippen LogP contribution in [0, 0.1) is 21.3 Å². The van der Waals surface area contributed by atoms with Crippen molar-refractivity contribution in [1.82, 2.24) is 0 Å². The number of hydrogen-bond acceptors (Lipinski definition) is 4. The summed E-state index contributed by atoms with van der Waals surface area (Å²) in [4.78, 5) is 24.2. The van der Waals surface area contributed by atoms with Crippen molar-refractivity contribution in [2.45, 2.75) is 46.1 Å². The van der Waals surface area contributed by atoms with E-state index in [1.807, 2.05) is 12.1 Å². The first-order valence-corrected chi connectivity index (χ1v) is 9.57. The molecule has 1 aromatic carbocycles. The molecular formula is C19H25IO4. The Morgan fingerprint density at radius 2 is 1.96 bits per heavy atom. The molecule has 0 spiro atoms. The van der Waals surface area contributed by atoms with E-state index in [0.29, 0.717) is 23.3 Å². The fourth-order valence-corrected chi connectivity index (χ4v) is 3.89. The van der Waals surface area contributed by atoms with Crippen LogP contribution in [-0.4, -0.2) is 24.6 Å². The minimum absolute atomic E-state index is 0.0724. The number of halogens is 1. The Labute approximate surface area is 157 Å². The van der Waals surface area contributed by atoms with Crippen LogP contribution in [0.1, 0.15) is 50.4 Å². The summed E-state index contributed by atoms with van der Waals surface area (Å²) >= 11 is 2.07. The second-order valence-corrected chi connectivity index (χ2v) is 8.07. The van der Waals surface area contributed by atoms with Gasteiger partial charge in [-0.3, -0.25) is 0 Å². The zero-order chi connectivity index (χ0) is 17.7. The highest BCUT2D eigenvalue weighted by molar-refractivity contribution is 14.1. The Kier molecular flexibility index (Phi) is 7.07. The fourth-order valence-electron chi connectivity index (χ4n) is 3.28. The molecule has 0 saturated heterocycles. The molecule has 0 radical (unpaired) electrons. The molecular weight excluding hydrogens is 419 g/mol. The fraction of sp³-hybridized carbons (Fsp3) is 0.579. The molecule has 2 rings (SSSR count). The van der Waals surface area contributed by atoms with Crippen molar-refractivity contribution in [3.63, 3.8) is 0 Å². The predicted octanol–water partition coefficient (Wildman–Crippen LogP) is 4.45. The van der Waals surface area contributed by atoms with Crippen molar-refractivity contribution in [1.29, 1.82) is 0 Å². The van der Waals surface area contributed by atoms with Gasteiger partial charge in [-0.05, 0) is 65.3 Å². The lowest BCUT2D eigenvalue weighted by molar-refractivity contribution is -0.159. The standard InChI is InChI=1S/C19H25IO4/c1-12(2)14-9-8-13(3)10-17(14)24-18(21)11-23-19(22)15-6-4-5-7-16(15)20/h4-7,12-14,17H,8-11H2,1-3H3/t13-,14+,17-/m1/s1. The van der Waals surface area contributed by atoms with E-state index in [9.17, 15) is 9.59 Å². The van der Waals surface area contributed by atoms with Crippen LogP contribution in [0.4, 0.5) is 0 Å². The molecule has 132 valence electrons. The molecule has 1 aromatic rings. The number of rotatable bonds is 5. The molecule has 24 heavy (non-hydrogen) atoms. The van der Waals surface area contributed by atoms with Crippen molar-refractivity contribution in [2.24, 2.45) is 17.8 Å². The van der Waals surface area contributed by atoms with Crippen molar-refractivity contribution in [2.75, 3.05) is 6.61 Å². The Hall–Kier alpha value is -1.11. The highest BCUT2D eigenvalue weighted by Crippen LogP contribution is 2.35. The smallest absolute Gasteiger partial charge is 0.344 e. The molecule has 1 aliphatic carbocycles. The van der Waals surface area contributed by atoms with Gasteiger partial charge in [-0.15, -0.1) is 0 Å². The Bertz CT molecular complexity index is 584. The Balaban J connectivity index is 1.88. The lowest BCUT2D eigenvalue weighted by Gasteiger charge is -2.36. The number of hydrogen-bond donors (Lipinski definition) is 0. The first-order chi connectivity index (χ1) is 11.4. The van der Waals surface area contributed by atoms with Crippen LogP contribution < -0.4 is 0 Å². The van der Waals surface area contributed by atoms with Crippen LogP contribution >= 0.6 is 22.6 Å². The molecule has 0 aromatic heterocycles. The third-order valence-corrected chi connectivity index (χ3v) is 5.60. The van der Waals surface area contributed by atoms with Crippen molar-refractivity contribution in [3.8, 4) is 0 Å². The average molecular weight is 444 g/mol. The minimum atomic E-state index is -0.491. The van der Waals surface area contributed by atoms with Crippen molar-refractivity contribution in [3.05, 3.63) is 33.4 Å². The largest absolute Gasteiger partial charge is 0.460 e. The second-order valence-electron chi connectivity index (χ2n) is 6.91. The van der Waals surface area contributed by atoms with Gasteiger partial charge in [0.25, 0.3) is 0 Å². The minimum Gasteiger partial charge on any atom is -0.460 e. The Morgan fingerprint density at radius 1 is 1.25 bits per heavy atom. The van der Waals surface area contributed by atoms with Gasteiger partial charge in [-0.25, -0.2) is 9.59 Å². The van der Waals surface area contributed by atoms with Gasteiger partial charge < -0.3 is 9.47 Å². The third-order valence-electron chi connectivity index (χ3n) is 4.66. The van der Waals surface area contributed by atoms with Gasteiger partial charge in [0.1, 0.15) is 6.10 Å². The van der Waals surface area contributed by atoms with Gasteiger partial charge in [0.05, 0.1) is 5.56 Å². The van der Waals surface area contributed by atoms with E-state index < -0.39 is 11.9 Å². The van der Waals surface area contributed by atoms with Crippen LogP contribution in [0.2, 0.25) is 0 Å². The molecule has 0 heterocycles. The van der Waals surface area contributed by atoms with Gasteiger partial charge >= 0.3 is 11.9 Å². The quantitative estimate of drug-likeness (QED) is 0.498. The summed E-state index contributed by atoms with van der Waals surface area (Å²) in [7, 11) is 0. The summed E-state index contributed by atoms with van der Waals surface area (Å²) in [6, 6.07) is 7.13. The number of carbonyl (C=O) groups excluding carboxylic acids is 2. The van der Waals surface area contributed by atoms with Crippen LogP contribution in [0.25, 0.3) is 0 Å². The molecule has 1 aliphatic rings. The molecule has 0 amide bonds. The topological polar surface area (TPSA) is 52.6 Å². The van der Waals surface area contributed by atoms with E-state index >= 15 is 0 Å². The summed E-state index contributed by atoms with van der Waals surface area (Å²) < 4.78 is 11.6. The maximum Gasteiger partial charge on any atom is 0.344 e. The van der Waals surface area contributed by atoms with E-state index in [2.05, 4.69) is 43.4 Å². The van der Waals surface area contributed by atoms with Gasteiger partial charge in [0.15, 0.2) is 6.61 Å². The highest BCUT2D eigenvalue weighted by Gasteiger charge is 2.33. The molecule has 0 N–H and O–H groups in total. The van der Waals surface area contributed by atoms with Crippen molar-refractivity contribution >= 4 is 34.5 Å². The summed E-state index contributed by atoms with van der Waals surface area (Å²) in [5, 5.41) is 0. The SMILES string of the molecule is CC(C)[C@@H]1CC[C@@H](C)C[C@H]1OC(=O)COC(=O)c1ccccc1I. The first kappa shape index (κ1) is 19.2. The van der Waals surface area contributed by atoms with E-state index in [1.165, 1.54) is 6.42 Å². The van der Waals surface area contributed by atoms with Gasteiger partial charge in [0.2, 0.25) is 0 Å².